The summed E-state index contributed by atoms with van der Waals surface area (Å²) < 4.78 is 0. The quantitative estimate of drug-likeness (QED) is 0.801. The molecule has 1 atom stereocenters. The Kier molecular flexibility index (Phi) is 3.22. The van der Waals surface area contributed by atoms with Crippen molar-refractivity contribution in [3.05, 3.63) is 45.9 Å². The molecule has 0 spiro atoms. The molecule has 0 saturated carbocycles. The minimum Gasteiger partial charge on any atom is -0.398 e. The molecule has 0 aliphatic heterocycles. The SMILES string of the molecule is Cc1csc(CC(O)c2ccccc2N)n1. The van der Waals surface area contributed by atoms with E-state index in [1.165, 1.54) is 0 Å². The van der Waals surface area contributed by atoms with E-state index >= 15 is 0 Å². The Labute approximate surface area is 98.6 Å². The molecular formula is C12H14N2OS. The minimum atomic E-state index is -0.577. The van der Waals surface area contributed by atoms with Crippen LogP contribution in [-0.2, 0) is 6.42 Å². The summed E-state index contributed by atoms with van der Waals surface area (Å²) in [5.74, 6) is 0. The number of nitrogens with zero attached hydrogens (tertiary/aromatic N) is 1. The Morgan fingerprint density at radius 3 is 2.81 bits per heavy atom. The maximum Gasteiger partial charge on any atom is 0.0957 e. The number of thiazole rings is 1. The van der Waals surface area contributed by atoms with Crippen LogP contribution in [0.3, 0.4) is 0 Å². The van der Waals surface area contributed by atoms with Gasteiger partial charge >= 0.3 is 0 Å². The molecule has 0 fully saturated rings. The number of nitrogens with two attached hydrogens (primary N) is 1. The van der Waals surface area contributed by atoms with E-state index in [1.54, 1.807) is 17.4 Å². The molecule has 2 rings (SSSR count). The molecule has 16 heavy (non-hydrogen) atoms. The first-order chi connectivity index (χ1) is 7.66. The van der Waals surface area contributed by atoms with Crippen LogP contribution in [0.15, 0.2) is 29.6 Å². The lowest BCUT2D eigenvalue weighted by Gasteiger charge is -2.11. The van der Waals surface area contributed by atoms with E-state index in [4.69, 9.17) is 5.73 Å². The number of aliphatic hydroxyl groups is 1. The molecule has 84 valence electrons. The highest BCUT2D eigenvalue weighted by Gasteiger charge is 2.12. The van der Waals surface area contributed by atoms with Gasteiger partial charge < -0.3 is 10.8 Å². The van der Waals surface area contributed by atoms with Crippen LogP contribution in [-0.4, -0.2) is 10.1 Å². The highest BCUT2D eigenvalue weighted by atomic mass is 32.1. The highest BCUT2D eigenvalue weighted by Crippen LogP contribution is 2.24. The van der Waals surface area contributed by atoms with E-state index in [2.05, 4.69) is 4.98 Å². The Bertz CT molecular complexity index is 481. The van der Waals surface area contributed by atoms with Crippen LogP contribution in [0.2, 0.25) is 0 Å². The van der Waals surface area contributed by atoms with Gasteiger partial charge in [-0.1, -0.05) is 18.2 Å². The molecule has 1 unspecified atom stereocenters. The minimum absolute atomic E-state index is 0.521. The molecule has 4 heteroatoms. The lowest BCUT2D eigenvalue weighted by molar-refractivity contribution is 0.179. The van der Waals surface area contributed by atoms with Gasteiger partial charge in [0.2, 0.25) is 0 Å². The molecule has 0 aliphatic carbocycles. The number of benzene rings is 1. The summed E-state index contributed by atoms with van der Waals surface area (Å²) in [4.78, 5) is 4.32. The summed E-state index contributed by atoms with van der Waals surface area (Å²) in [6.45, 7) is 1.95. The number of anilines is 1. The normalized spacial score (nSPS) is 12.6. The molecule has 1 aromatic heterocycles. The average molecular weight is 234 g/mol. The van der Waals surface area contributed by atoms with Crippen LogP contribution in [0.4, 0.5) is 5.69 Å². The summed E-state index contributed by atoms with van der Waals surface area (Å²) in [6, 6.07) is 7.38. The Hall–Kier alpha value is -1.39. The van der Waals surface area contributed by atoms with Gasteiger partial charge in [0.15, 0.2) is 0 Å². The first kappa shape index (κ1) is 11.1. The van der Waals surface area contributed by atoms with Crippen molar-refractivity contribution in [1.82, 2.24) is 4.98 Å². The molecule has 0 bridgehead atoms. The third-order valence-electron chi connectivity index (χ3n) is 2.39. The number of hydrogen-bond acceptors (Lipinski definition) is 4. The maximum absolute atomic E-state index is 10.1. The van der Waals surface area contributed by atoms with Gasteiger partial charge in [-0.15, -0.1) is 11.3 Å². The number of hydrogen-bond donors (Lipinski definition) is 2. The van der Waals surface area contributed by atoms with Crippen molar-refractivity contribution in [2.45, 2.75) is 19.4 Å². The fraction of sp³-hybridized carbons (Fsp3) is 0.250. The van der Waals surface area contributed by atoms with E-state index in [0.29, 0.717) is 12.1 Å². The van der Waals surface area contributed by atoms with Crippen molar-refractivity contribution >= 4 is 17.0 Å². The molecule has 0 amide bonds. The summed E-state index contributed by atoms with van der Waals surface area (Å²) >= 11 is 1.57. The number of para-hydroxylation sites is 1. The highest BCUT2D eigenvalue weighted by molar-refractivity contribution is 7.09. The first-order valence-corrected chi connectivity index (χ1v) is 5.98. The van der Waals surface area contributed by atoms with Gasteiger partial charge in [0, 0.05) is 28.7 Å². The monoisotopic (exact) mass is 234 g/mol. The molecule has 2 aromatic rings. The fourth-order valence-electron chi connectivity index (χ4n) is 1.59. The molecule has 3 N–H and O–H groups in total. The number of aromatic nitrogens is 1. The number of rotatable bonds is 3. The number of nitrogen functional groups attached to an aromatic ring is 1. The zero-order valence-electron chi connectivity index (χ0n) is 9.05. The van der Waals surface area contributed by atoms with Gasteiger partial charge in [-0.05, 0) is 13.0 Å². The second-order valence-electron chi connectivity index (χ2n) is 3.73. The molecule has 1 heterocycles. The predicted molar refractivity (Wildman–Crippen MR) is 66.4 cm³/mol. The molecule has 3 nitrogen and oxygen atoms in total. The largest absolute Gasteiger partial charge is 0.398 e. The Morgan fingerprint density at radius 2 is 2.19 bits per heavy atom. The summed E-state index contributed by atoms with van der Waals surface area (Å²) in [5, 5.41) is 13.0. The second-order valence-corrected chi connectivity index (χ2v) is 4.67. The lowest BCUT2D eigenvalue weighted by Crippen LogP contribution is -2.04. The zero-order chi connectivity index (χ0) is 11.5. The van der Waals surface area contributed by atoms with E-state index < -0.39 is 6.10 Å². The van der Waals surface area contributed by atoms with Crippen LogP contribution in [0.1, 0.15) is 22.4 Å². The van der Waals surface area contributed by atoms with Crippen LogP contribution in [0, 0.1) is 6.92 Å². The summed E-state index contributed by atoms with van der Waals surface area (Å²) in [7, 11) is 0. The standard InChI is InChI=1S/C12H14N2OS/c1-8-7-16-12(14-8)6-11(15)9-4-2-3-5-10(9)13/h2-5,7,11,15H,6,13H2,1H3. The summed E-state index contributed by atoms with van der Waals surface area (Å²) in [5.41, 5.74) is 8.20. The van der Waals surface area contributed by atoms with E-state index in [0.717, 1.165) is 16.3 Å². The van der Waals surface area contributed by atoms with Crippen LogP contribution >= 0.6 is 11.3 Å². The van der Waals surface area contributed by atoms with Crippen LogP contribution < -0.4 is 5.73 Å². The van der Waals surface area contributed by atoms with E-state index in [-0.39, 0.29) is 0 Å². The number of aryl methyl sites for hydroxylation is 1. The van der Waals surface area contributed by atoms with Crippen molar-refractivity contribution in [1.29, 1.82) is 0 Å². The lowest BCUT2D eigenvalue weighted by atomic mass is 10.1. The molecule has 0 saturated heterocycles. The smallest absolute Gasteiger partial charge is 0.0957 e. The molecular weight excluding hydrogens is 220 g/mol. The summed E-state index contributed by atoms with van der Waals surface area (Å²) in [6.07, 6.45) is -0.0565. The third kappa shape index (κ3) is 2.40. The van der Waals surface area contributed by atoms with Crippen molar-refractivity contribution in [3.8, 4) is 0 Å². The average Bonchev–Trinajstić information content (AvgIpc) is 2.64. The zero-order valence-corrected chi connectivity index (χ0v) is 9.87. The molecule has 0 radical (unpaired) electrons. The van der Waals surface area contributed by atoms with E-state index in [9.17, 15) is 5.11 Å². The van der Waals surface area contributed by atoms with Crippen molar-refractivity contribution in [2.24, 2.45) is 0 Å². The second kappa shape index (κ2) is 4.63. The van der Waals surface area contributed by atoms with E-state index in [1.807, 2.05) is 30.5 Å². The Morgan fingerprint density at radius 1 is 1.44 bits per heavy atom. The van der Waals surface area contributed by atoms with Crippen LogP contribution in [0.25, 0.3) is 0 Å². The van der Waals surface area contributed by atoms with Crippen molar-refractivity contribution in [2.75, 3.05) is 5.73 Å². The van der Waals surface area contributed by atoms with Crippen molar-refractivity contribution in [3.63, 3.8) is 0 Å². The molecule has 0 aliphatic rings. The molecule has 1 aromatic carbocycles. The third-order valence-corrected chi connectivity index (χ3v) is 3.38. The van der Waals surface area contributed by atoms with Gasteiger partial charge in [0.25, 0.3) is 0 Å². The van der Waals surface area contributed by atoms with Gasteiger partial charge in [-0.2, -0.15) is 0 Å². The topological polar surface area (TPSA) is 59.1 Å². The van der Waals surface area contributed by atoms with Gasteiger partial charge in [0.1, 0.15) is 0 Å². The van der Waals surface area contributed by atoms with Crippen LogP contribution in [0.5, 0.6) is 0 Å². The van der Waals surface area contributed by atoms with Gasteiger partial charge in [-0.3, -0.25) is 0 Å². The Balaban J connectivity index is 2.14. The van der Waals surface area contributed by atoms with Crippen molar-refractivity contribution < 1.29 is 5.11 Å². The first-order valence-electron chi connectivity index (χ1n) is 5.10. The van der Waals surface area contributed by atoms with Gasteiger partial charge in [0.05, 0.1) is 11.1 Å². The maximum atomic E-state index is 10.1. The van der Waals surface area contributed by atoms with Gasteiger partial charge in [-0.25, -0.2) is 4.98 Å². The predicted octanol–water partition coefficient (Wildman–Crippen LogP) is 2.31. The number of aliphatic hydroxyl groups excluding tert-OH is 1. The fourth-order valence-corrected chi connectivity index (χ4v) is 2.40.